The topological polar surface area (TPSA) is 72.5 Å². The molecule has 0 aliphatic heterocycles. The molecule has 0 bridgehead atoms. The number of rotatable bonds is 6. The molecule has 1 heterocycles. The van der Waals surface area contributed by atoms with Gasteiger partial charge in [-0.25, -0.2) is 9.78 Å². The molecule has 0 fully saturated rings. The van der Waals surface area contributed by atoms with Gasteiger partial charge in [-0.05, 0) is 43.2 Å². The number of methoxy groups -OCH3 is 2. The van der Waals surface area contributed by atoms with E-state index < -0.39 is 0 Å². The second-order valence-corrected chi connectivity index (χ2v) is 7.21. The van der Waals surface area contributed by atoms with E-state index in [1.54, 1.807) is 14.2 Å². The number of hydrogen-bond donors (Lipinski definition) is 2. The highest BCUT2D eigenvalue weighted by molar-refractivity contribution is 7.14. The number of anilines is 1. The van der Waals surface area contributed by atoms with E-state index in [-0.39, 0.29) is 6.03 Å². The van der Waals surface area contributed by atoms with Gasteiger partial charge in [0.1, 0.15) is 0 Å². The van der Waals surface area contributed by atoms with E-state index >= 15 is 0 Å². The molecule has 0 radical (unpaired) electrons. The number of urea groups is 1. The highest BCUT2D eigenvalue weighted by Crippen LogP contribution is 2.29. The third kappa shape index (κ3) is 4.61. The molecule has 7 heteroatoms. The Morgan fingerprint density at radius 1 is 1.07 bits per heavy atom. The predicted octanol–water partition coefficient (Wildman–Crippen LogP) is 4.77. The van der Waals surface area contributed by atoms with Crippen LogP contribution in [0.15, 0.2) is 41.8 Å². The predicted molar refractivity (Wildman–Crippen MR) is 112 cm³/mol. The summed E-state index contributed by atoms with van der Waals surface area (Å²) in [6.07, 6.45) is 0. The van der Waals surface area contributed by atoms with Crippen LogP contribution in [0.1, 0.15) is 16.7 Å². The minimum atomic E-state index is -0.309. The van der Waals surface area contributed by atoms with Crippen LogP contribution in [0, 0.1) is 13.8 Å². The number of amides is 2. The second-order valence-electron chi connectivity index (χ2n) is 6.35. The van der Waals surface area contributed by atoms with Crippen molar-refractivity contribution in [3.8, 4) is 22.8 Å². The second kappa shape index (κ2) is 8.75. The summed E-state index contributed by atoms with van der Waals surface area (Å²) in [6, 6.07) is 11.5. The SMILES string of the molecule is COc1ccc(CNC(=O)Nc2nc(-c3cc(C)ccc3C)cs2)cc1OC. The fourth-order valence-corrected chi connectivity index (χ4v) is 3.49. The largest absolute Gasteiger partial charge is 0.493 e. The Labute approximate surface area is 168 Å². The molecule has 0 spiro atoms. The lowest BCUT2D eigenvalue weighted by Crippen LogP contribution is -2.28. The number of hydrogen-bond acceptors (Lipinski definition) is 5. The van der Waals surface area contributed by atoms with Crippen LogP contribution in [0.25, 0.3) is 11.3 Å². The number of carbonyl (C=O) groups is 1. The molecule has 2 N–H and O–H groups in total. The molecule has 0 atom stereocenters. The molecule has 1 aromatic heterocycles. The minimum absolute atomic E-state index is 0.309. The number of nitrogens with zero attached hydrogens (tertiary/aromatic N) is 1. The molecule has 28 heavy (non-hydrogen) atoms. The molecule has 3 aromatic rings. The molecular formula is C21H23N3O3S. The Bertz CT molecular complexity index is 985. The van der Waals surface area contributed by atoms with E-state index in [4.69, 9.17) is 9.47 Å². The Morgan fingerprint density at radius 3 is 2.61 bits per heavy atom. The third-order valence-corrected chi connectivity index (χ3v) is 5.05. The normalized spacial score (nSPS) is 10.4. The highest BCUT2D eigenvalue weighted by Gasteiger charge is 2.10. The molecule has 2 aromatic carbocycles. The van der Waals surface area contributed by atoms with E-state index in [1.165, 1.54) is 16.9 Å². The van der Waals surface area contributed by atoms with Crippen molar-refractivity contribution in [2.75, 3.05) is 19.5 Å². The fourth-order valence-electron chi connectivity index (χ4n) is 2.78. The molecule has 2 amide bonds. The number of carbonyl (C=O) groups excluding carboxylic acids is 1. The number of aryl methyl sites for hydroxylation is 2. The maximum absolute atomic E-state index is 12.2. The molecule has 6 nitrogen and oxygen atoms in total. The van der Waals surface area contributed by atoms with Crippen LogP contribution < -0.4 is 20.1 Å². The van der Waals surface area contributed by atoms with Gasteiger partial charge in [0.25, 0.3) is 0 Å². The van der Waals surface area contributed by atoms with Crippen molar-refractivity contribution >= 4 is 22.5 Å². The summed E-state index contributed by atoms with van der Waals surface area (Å²) in [5, 5.41) is 8.12. The van der Waals surface area contributed by atoms with Gasteiger partial charge in [-0.2, -0.15) is 0 Å². The first-order chi connectivity index (χ1) is 13.5. The molecule has 3 rings (SSSR count). The first kappa shape index (κ1) is 19.7. The van der Waals surface area contributed by atoms with Crippen molar-refractivity contribution in [1.29, 1.82) is 0 Å². The number of thiazole rings is 1. The molecule has 0 unspecified atom stereocenters. The summed E-state index contributed by atoms with van der Waals surface area (Å²) in [5.74, 6) is 1.28. The maximum atomic E-state index is 12.2. The number of ether oxygens (including phenoxy) is 2. The minimum Gasteiger partial charge on any atom is -0.493 e. The van der Waals surface area contributed by atoms with Gasteiger partial charge in [0, 0.05) is 17.5 Å². The van der Waals surface area contributed by atoms with Gasteiger partial charge < -0.3 is 14.8 Å². The Balaban J connectivity index is 1.61. The van der Waals surface area contributed by atoms with E-state index in [2.05, 4.69) is 47.7 Å². The third-order valence-electron chi connectivity index (χ3n) is 4.29. The van der Waals surface area contributed by atoms with Crippen molar-refractivity contribution in [2.45, 2.75) is 20.4 Å². The Hall–Kier alpha value is -3.06. The monoisotopic (exact) mass is 397 g/mol. The summed E-state index contributed by atoms with van der Waals surface area (Å²) in [5.41, 5.74) is 5.18. The zero-order valence-electron chi connectivity index (χ0n) is 16.3. The van der Waals surface area contributed by atoms with Gasteiger partial charge in [-0.3, -0.25) is 5.32 Å². The van der Waals surface area contributed by atoms with Gasteiger partial charge in [-0.15, -0.1) is 11.3 Å². The van der Waals surface area contributed by atoms with Gasteiger partial charge in [-0.1, -0.05) is 23.8 Å². The van der Waals surface area contributed by atoms with Crippen molar-refractivity contribution in [2.24, 2.45) is 0 Å². The zero-order valence-corrected chi connectivity index (χ0v) is 17.1. The number of benzene rings is 2. The molecule has 146 valence electrons. The summed E-state index contributed by atoms with van der Waals surface area (Å²) < 4.78 is 10.5. The highest BCUT2D eigenvalue weighted by atomic mass is 32.1. The Morgan fingerprint density at radius 2 is 1.86 bits per heavy atom. The lowest BCUT2D eigenvalue weighted by Gasteiger charge is -2.10. The lowest BCUT2D eigenvalue weighted by molar-refractivity contribution is 0.251. The standard InChI is InChI=1S/C21H23N3O3S/c1-13-5-6-14(2)16(9-13)17-12-28-21(23-17)24-20(25)22-11-15-7-8-18(26-3)19(10-15)27-4/h5-10,12H,11H2,1-4H3,(H2,22,23,24,25). The average Bonchev–Trinajstić information content (AvgIpc) is 3.16. The van der Waals surface area contributed by atoms with E-state index in [9.17, 15) is 4.79 Å². The van der Waals surface area contributed by atoms with Crippen LogP contribution in [0.2, 0.25) is 0 Å². The molecule has 0 aliphatic carbocycles. The molecule has 0 saturated carbocycles. The van der Waals surface area contributed by atoms with Crippen molar-refractivity contribution in [1.82, 2.24) is 10.3 Å². The fraction of sp³-hybridized carbons (Fsp3) is 0.238. The van der Waals surface area contributed by atoms with Crippen molar-refractivity contribution in [3.63, 3.8) is 0 Å². The average molecular weight is 398 g/mol. The van der Waals surface area contributed by atoms with Gasteiger partial charge >= 0.3 is 6.03 Å². The number of nitrogens with one attached hydrogen (secondary N) is 2. The summed E-state index contributed by atoms with van der Waals surface area (Å²) >= 11 is 1.40. The lowest BCUT2D eigenvalue weighted by atomic mass is 10.0. The molecule has 0 aliphatic rings. The quantitative estimate of drug-likeness (QED) is 0.629. The van der Waals surface area contributed by atoms with Crippen LogP contribution in [-0.4, -0.2) is 25.2 Å². The van der Waals surface area contributed by atoms with Crippen LogP contribution in [0.5, 0.6) is 11.5 Å². The number of aromatic nitrogens is 1. The van der Waals surface area contributed by atoms with Gasteiger partial charge in [0.2, 0.25) is 0 Å². The smallest absolute Gasteiger partial charge is 0.321 e. The van der Waals surface area contributed by atoms with Crippen molar-refractivity contribution < 1.29 is 14.3 Å². The van der Waals surface area contributed by atoms with Crippen LogP contribution in [-0.2, 0) is 6.54 Å². The first-order valence-corrected chi connectivity index (χ1v) is 9.67. The van der Waals surface area contributed by atoms with E-state index in [0.717, 1.165) is 22.4 Å². The Kier molecular flexibility index (Phi) is 6.16. The van der Waals surface area contributed by atoms with Gasteiger partial charge in [0.15, 0.2) is 16.6 Å². The van der Waals surface area contributed by atoms with Gasteiger partial charge in [0.05, 0.1) is 19.9 Å². The van der Waals surface area contributed by atoms with Crippen LogP contribution in [0.3, 0.4) is 0 Å². The first-order valence-electron chi connectivity index (χ1n) is 8.79. The van der Waals surface area contributed by atoms with Crippen LogP contribution in [0.4, 0.5) is 9.93 Å². The zero-order chi connectivity index (χ0) is 20.1. The summed E-state index contributed by atoms with van der Waals surface area (Å²) in [7, 11) is 3.17. The molecular weight excluding hydrogens is 374 g/mol. The maximum Gasteiger partial charge on any atom is 0.321 e. The van der Waals surface area contributed by atoms with Crippen molar-refractivity contribution in [3.05, 3.63) is 58.5 Å². The van der Waals surface area contributed by atoms with Crippen LogP contribution >= 0.6 is 11.3 Å². The summed E-state index contributed by atoms with van der Waals surface area (Å²) in [4.78, 5) is 16.8. The van der Waals surface area contributed by atoms with E-state index in [1.807, 2.05) is 23.6 Å². The van der Waals surface area contributed by atoms with E-state index in [0.29, 0.717) is 23.2 Å². The summed E-state index contributed by atoms with van der Waals surface area (Å²) in [6.45, 7) is 4.47. The molecule has 0 saturated heterocycles.